The van der Waals surface area contributed by atoms with Gasteiger partial charge in [-0.1, -0.05) is 54.1 Å². The lowest BCUT2D eigenvalue weighted by Gasteiger charge is -2.08. The predicted molar refractivity (Wildman–Crippen MR) is 84.5 cm³/mol. The number of para-hydroxylation sites is 1. The monoisotopic (exact) mass is 257 g/mol. The number of fused-ring (bicyclic) bond motifs is 2. The third-order valence-electron chi connectivity index (χ3n) is 3.96. The van der Waals surface area contributed by atoms with Crippen LogP contribution >= 0.6 is 0 Å². The maximum absolute atomic E-state index is 4.55. The summed E-state index contributed by atoms with van der Waals surface area (Å²) in [5, 5.41) is 1.19. The van der Waals surface area contributed by atoms with Crippen molar-refractivity contribution in [3.63, 3.8) is 0 Å². The number of rotatable bonds is 1. The Morgan fingerprint density at radius 3 is 2.85 bits per heavy atom. The first kappa shape index (κ1) is 11.4. The van der Waals surface area contributed by atoms with Crippen molar-refractivity contribution in [2.75, 3.05) is 0 Å². The molecule has 0 saturated carbocycles. The van der Waals surface area contributed by atoms with Crippen LogP contribution in [0.2, 0.25) is 0 Å². The second kappa shape index (κ2) is 4.31. The van der Waals surface area contributed by atoms with Gasteiger partial charge in [0, 0.05) is 17.1 Å². The van der Waals surface area contributed by atoms with Crippen LogP contribution in [0, 0.1) is 0 Å². The van der Waals surface area contributed by atoms with Crippen molar-refractivity contribution < 1.29 is 0 Å². The van der Waals surface area contributed by atoms with E-state index in [2.05, 4.69) is 60.4 Å². The van der Waals surface area contributed by atoms with E-state index in [1.165, 1.54) is 33.2 Å². The Labute approximate surface area is 118 Å². The van der Waals surface area contributed by atoms with E-state index in [-0.39, 0.29) is 0 Å². The van der Waals surface area contributed by atoms with Crippen LogP contribution in [0.5, 0.6) is 0 Å². The fourth-order valence-electron chi connectivity index (χ4n) is 3.02. The average Bonchev–Trinajstić information content (AvgIpc) is 2.85. The Balaban J connectivity index is 1.91. The molecular weight excluding hydrogens is 242 g/mol. The van der Waals surface area contributed by atoms with Gasteiger partial charge in [0.15, 0.2) is 0 Å². The second-order valence-electron chi connectivity index (χ2n) is 5.46. The van der Waals surface area contributed by atoms with Crippen molar-refractivity contribution in [1.29, 1.82) is 0 Å². The molecule has 2 aromatic carbocycles. The highest BCUT2D eigenvalue weighted by Gasteiger charge is 2.12. The van der Waals surface area contributed by atoms with Crippen LogP contribution in [0.3, 0.4) is 0 Å². The minimum atomic E-state index is 1.07. The fraction of sp³-hybridized carbons (Fsp3) is 0.105. The van der Waals surface area contributed by atoms with Gasteiger partial charge >= 0.3 is 0 Å². The summed E-state index contributed by atoms with van der Waals surface area (Å²) in [5.41, 5.74) is 7.78. The first-order valence-electron chi connectivity index (χ1n) is 6.95. The normalized spacial score (nSPS) is 13.3. The number of hydrogen-bond donors (Lipinski definition) is 0. The first-order chi connectivity index (χ1) is 9.81. The van der Waals surface area contributed by atoms with Gasteiger partial charge in [0.25, 0.3) is 0 Å². The lowest BCUT2D eigenvalue weighted by atomic mass is 9.98. The molecule has 0 atom stereocenters. The standard InChI is InChI=1S/C19H15N/c1-13-10-15-7-8-16(12-17(15)11-13)18-6-2-4-14-5-3-9-20-19(14)18/h2-10,12H,11H2,1H3. The molecule has 96 valence electrons. The Kier molecular flexibility index (Phi) is 2.46. The van der Waals surface area contributed by atoms with Crippen LogP contribution in [0.15, 0.2) is 60.3 Å². The molecule has 0 unspecified atom stereocenters. The Morgan fingerprint density at radius 1 is 1.00 bits per heavy atom. The smallest absolute Gasteiger partial charge is 0.0780 e. The molecular formula is C19H15N. The Morgan fingerprint density at radius 2 is 1.90 bits per heavy atom. The molecule has 1 nitrogen and oxygen atoms in total. The highest BCUT2D eigenvalue weighted by Crippen LogP contribution is 2.32. The van der Waals surface area contributed by atoms with Crippen LogP contribution in [0.1, 0.15) is 18.1 Å². The number of allylic oxidation sites excluding steroid dienone is 1. The van der Waals surface area contributed by atoms with E-state index < -0.39 is 0 Å². The van der Waals surface area contributed by atoms with Crippen molar-refractivity contribution in [1.82, 2.24) is 4.98 Å². The van der Waals surface area contributed by atoms with Crippen LogP contribution in [0.25, 0.3) is 28.1 Å². The van der Waals surface area contributed by atoms with Crippen LogP contribution in [0.4, 0.5) is 0 Å². The quantitative estimate of drug-likeness (QED) is 0.606. The second-order valence-corrected chi connectivity index (χ2v) is 5.46. The van der Waals surface area contributed by atoms with Crippen LogP contribution in [-0.4, -0.2) is 4.98 Å². The van der Waals surface area contributed by atoms with Crippen molar-refractivity contribution in [3.8, 4) is 11.1 Å². The molecule has 1 aliphatic rings. The van der Waals surface area contributed by atoms with Crippen molar-refractivity contribution in [2.45, 2.75) is 13.3 Å². The van der Waals surface area contributed by atoms with Gasteiger partial charge in [-0.3, -0.25) is 4.98 Å². The van der Waals surface area contributed by atoms with Gasteiger partial charge in [0.2, 0.25) is 0 Å². The average molecular weight is 257 g/mol. The number of pyridine rings is 1. The SMILES string of the molecule is CC1=Cc2ccc(-c3cccc4cccnc34)cc2C1. The fourth-order valence-corrected chi connectivity index (χ4v) is 3.02. The van der Waals surface area contributed by atoms with E-state index in [1.807, 2.05) is 12.3 Å². The third-order valence-corrected chi connectivity index (χ3v) is 3.96. The zero-order valence-corrected chi connectivity index (χ0v) is 11.4. The topological polar surface area (TPSA) is 12.9 Å². The molecule has 0 radical (unpaired) electrons. The maximum Gasteiger partial charge on any atom is 0.0780 e. The molecule has 0 aliphatic heterocycles. The van der Waals surface area contributed by atoms with Crippen molar-refractivity contribution in [2.24, 2.45) is 0 Å². The Hall–Kier alpha value is -2.41. The molecule has 1 heterocycles. The molecule has 1 aromatic heterocycles. The third kappa shape index (κ3) is 1.75. The molecule has 1 heteroatoms. The molecule has 0 saturated heterocycles. The first-order valence-corrected chi connectivity index (χ1v) is 6.95. The minimum absolute atomic E-state index is 1.07. The van der Waals surface area contributed by atoms with E-state index in [9.17, 15) is 0 Å². The van der Waals surface area contributed by atoms with Gasteiger partial charge in [-0.05, 0) is 36.1 Å². The van der Waals surface area contributed by atoms with Crippen molar-refractivity contribution in [3.05, 3.63) is 71.4 Å². The van der Waals surface area contributed by atoms with Crippen molar-refractivity contribution >= 4 is 17.0 Å². The number of aromatic nitrogens is 1. The predicted octanol–water partition coefficient (Wildman–Crippen LogP) is 4.86. The van der Waals surface area contributed by atoms with Gasteiger partial charge in [-0.25, -0.2) is 0 Å². The summed E-state index contributed by atoms with van der Waals surface area (Å²) in [7, 11) is 0. The van der Waals surface area contributed by atoms with Gasteiger partial charge in [-0.15, -0.1) is 0 Å². The van der Waals surface area contributed by atoms with E-state index in [0.717, 1.165) is 11.9 Å². The molecule has 0 bridgehead atoms. The zero-order valence-electron chi connectivity index (χ0n) is 11.4. The molecule has 1 aliphatic carbocycles. The largest absolute Gasteiger partial charge is 0.256 e. The van der Waals surface area contributed by atoms with E-state index in [1.54, 1.807) is 0 Å². The summed E-state index contributed by atoms with van der Waals surface area (Å²) < 4.78 is 0. The van der Waals surface area contributed by atoms with E-state index >= 15 is 0 Å². The number of benzene rings is 2. The highest BCUT2D eigenvalue weighted by atomic mass is 14.6. The molecule has 20 heavy (non-hydrogen) atoms. The molecule has 0 amide bonds. The summed E-state index contributed by atoms with van der Waals surface area (Å²) >= 11 is 0. The highest BCUT2D eigenvalue weighted by molar-refractivity contribution is 5.93. The lowest BCUT2D eigenvalue weighted by Crippen LogP contribution is -1.88. The molecule has 0 spiro atoms. The summed E-state index contributed by atoms with van der Waals surface area (Å²) in [4.78, 5) is 4.55. The molecule has 0 N–H and O–H groups in total. The molecule has 4 rings (SSSR count). The summed E-state index contributed by atoms with van der Waals surface area (Å²) in [5.74, 6) is 0. The summed E-state index contributed by atoms with van der Waals surface area (Å²) in [6, 6.07) is 17.2. The molecule has 3 aromatic rings. The van der Waals surface area contributed by atoms with Crippen LogP contribution < -0.4 is 0 Å². The lowest BCUT2D eigenvalue weighted by molar-refractivity contribution is 1.20. The number of hydrogen-bond acceptors (Lipinski definition) is 1. The maximum atomic E-state index is 4.55. The van der Waals surface area contributed by atoms with E-state index in [4.69, 9.17) is 0 Å². The molecule has 0 fully saturated rings. The van der Waals surface area contributed by atoms with Gasteiger partial charge in [0.05, 0.1) is 5.52 Å². The summed E-state index contributed by atoms with van der Waals surface area (Å²) in [6.45, 7) is 2.19. The van der Waals surface area contributed by atoms with Gasteiger partial charge < -0.3 is 0 Å². The van der Waals surface area contributed by atoms with Crippen LogP contribution in [-0.2, 0) is 6.42 Å². The van der Waals surface area contributed by atoms with Gasteiger partial charge in [-0.2, -0.15) is 0 Å². The zero-order chi connectivity index (χ0) is 13.5. The van der Waals surface area contributed by atoms with Gasteiger partial charge in [0.1, 0.15) is 0 Å². The summed E-state index contributed by atoms with van der Waals surface area (Å²) in [6.07, 6.45) is 5.22. The Bertz CT molecular complexity index is 838. The number of nitrogens with zero attached hydrogens (tertiary/aromatic N) is 1. The minimum Gasteiger partial charge on any atom is -0.256 e. The van der Waals surface area contributed by atoms with E-state index in [0.29, 0.717) is 0 Å².